The van der Waals surface area contributed by atoms with Crippen molar-refractivity contribution in [3.05, 3.63) is 58.0 Å². The van der Waals surface area contributed by atoms with Gasteiger partial charge < -0.3 is 10.5 Å². The van der Waals surface area contributed by atoms with Crippen LogP contribution in [0.2, 0.25) is 0 Å². The number of halogens is 1. The molecule has 4 nitrogen and oxygen atoms in total. The Hall–Kier alpha value is -2.47. The summed E-state index contributed by atoms with van der Waals surface area (Å²) in [7, 11) is 0. The number of carbonyl (C=O) groups is 1. The van der Waals surface area contributed by atoms with E-state index in [1.165, 1.54) is 23.5 Å². The highest BCUT2D eigenvalue weighted by atomic mass is 32.1. The molecule has 0 aliphatic carbocycles. The molecule has 2 aromatic rings. The van der Waals surface area contributed by atoms with E-state index in [0.717, 1.165) is 28.7 Å². The van der Waals surface area contributed by atoms with Gasteiger partial charge in [-0.25, -0.2) is 4.39 Å². The Kier molecular flexibility index (Phi) is 6.54. The van der Waals surface area contributed by atoms with E-state index >= 15 is 0 Å². The van der Waals surface area contributed by atoms with Crippen LogP contribution in [-0.4, -0.2) is 11.6 Å². The first-order chi connectivity index (χ1) is 12.7. The number of ether oxygens (including phenoxy) is 1. The molecule has 0 saturated carbocycles. The van der Waals surface area contributed by atoms with E-state index in [1.807, 2.05) is 26.0 Å². The van der Waals surface area contributed by atoms with E-state index in [1.54, 1.807) is 6.92 Å². The lowest BCUT2D eigenvalue weighted by atomic mass is 9.75. The molecule has 1 aromatic carbocycles. The Bertz CT molecular complexity index is 869. The lowest BCUT2D eigenvalue weighted by Gasteiger charge is -2.28. The average molecular weight is 389 g/mol. The van der Waals surface area contributed by atoms with Crippen molar-refractivity contribution in [3.8, 4) is 5.75 Å². The molecule has 0 amide bonds. The van der Waals surface area contributed by atoms with Gasteiger partial charge in [-0.2, -0.15) is 0 Å². The number of ketones is 1. The van der Waals surface area contributed by atoms with E-state index in [-0.39, 0.29) is 22.8 Å². The van der Waals surface area contributed by atoms with Crippen molar-refractivity contribution in [2.45, 2.75) is 40.0 Å². The van der Waals surface area contributed by atoms with Crippen LogP contribution in [0.15, 0.2) is 36.9 Å². The molecule has 144 valence electrons. The zero-order chi connectivity index (χ0) is 20.2. The summed E-state index contributed by atoms with van der Waals surface area (Å²) >= 11 is 1.50. The predicted molar refractivity (Wildman–Crippen MR) is 109 cm³/mol. The lowest BCUT2D eigenvalue weighted by Crippen LogP contribution is -2.29. The van der Waals surface area contributed by atoms with Gasteiger partial charge in [0.05, 0.1) is 4.88 Å². The summed E-state index contributed by atoms with van der Waals surface area (Å²) in [6, 6.07) is 7.96. The summed E-state index contributed by atoms with van der Waals surface area (Å²) in [5.41, 5.74) is 5.30. The van der Waals surface area contributed by atoms with Crippen LogP contribution < -0.4 is 10.5 Å². The number of Topliss-reactive ketones (excluding diaryl/α,β-unsaturated/α-hetero) is 1. The molecule has 0 atom stereocenters. The molecule has 3 N–H and O–H groups in total. The maximum atomic E-state index is 14.1. The fraction of sp³-hybridized carbons (Fsp3) is 0.333. The summed E-state index contributed by atoms with van der Waals surface area (Å²) in [6.45, 7) is 9.61. The van der Waals surface area contributed by atoms with Gasteiger partial charge in [0.15, 0.2) is 11.6 Å². The molecule has 0 spiro atoms. The number of amidine groups is 1. The van der Waals surface area contributed by atoms with Crippen LogP contribution in [0.3, 0.4) is 0 Å². The summed E-state index contributed by atoms with van der Waals surface area (Å²) in [4.78, 5) is 14.0. The first-order valence-electron chi connectivity index (χ1n) is 8.83. The maximum Gasteiger partial charge on any atom is 0.166 e. The molecule has 1 heterocycles. The molecule has 2 rings (SSSR count). The number of benzene rings is 1. The molecule has 0 fully saturated rings. The average Bonchev–Trinajstić information content (AvgIpc) is 3.09. The van der Waals surface area contributed by atoms with Gasteiger partial charge in [0.2, 0.25) is 0 Å². The molecule has 0 saturated heterocycles. The summed E-state index contributed by atoms with van der Waals surface area (Å²) in [5.74, 6) is -0.247. The second-order valence-electron chi connectivity index (χ2n) is 6.57. The Morgan fingerprint density at radius 2 is 1.96 bits per heavy atom. The SMILES string of the molecule is C=C(Oc1ccc(C(=N)N)cc1F)c1ccc(CC(CC)(CC)C(C)=O)s1. The van der Waals surface area contributed by atoms with Crippen LogP contribution in [0.4, 0.5) is 4.39 Å². The monoisotopic (exact) mass is 388 g/mol. The fourth-order valence-electron chi connectivity index (χ4n) is 3.01. The van der Waals surface area contributed by atoms with Crippen molar-refractivity contribution in [1.82, 2.24) is 0 Å². The third-order valence-electron chi connectivity index (χ3n) is 5.03. The molecule has 0 aliphatic rings. The number of hydrogen-bond donors (Lipinski definition) is 2. The van der Waals surface area contributed by atoms with Gasteiger partial charge in [0.1, 0.15) is 17.4 Å². The number of rotatable bonds is 9. The zero-order valence-electron chi connectivity index (χ0n) is 15.9. The van der Waals surface area contributed by atoms with Crippen molar-refractivity contribution < 1.29 is 13.9 Å². The highest BCUT2D eigenvalue weighted by Gasteiger charge is 2.32. The number of thiophene rings is 1. The second kappa shape index (κ2) is 8.48. The van der Waals surface area contributed by atoms with Crippen molar-refractivity contribution in [2.75, 3.05) is 0 Å². The number of nitrogens with two attached hydrogens (primary N) is 1. The van der Waals surface area contributed by atoms with E-state index in [4.69, 9.17) is 15.9 Å². The second-order valence-corrected chi connectivity index (χ2v) is 7.74. The van der Waals surface area contributed by atoms with Crippen molar-refractivity contribution in [2.24, 2.45) is 11.1 Å². The Morgan fingerprint density at radius 1 is 1.30 bits per heavy atom. The molecule has 0 radical (unpaired) electrons. The molecular formula is C21H25FN2O2S. The molecular weight excluding hydrogens is 363 g/mol. The number of carbonyl (C=O) groups excluding carboxylic acids is 1. The van der Waals surface area contributed by atoms with Gasteiger partial charge >= 0.3 is 0 Å². The zero-order valence-corrected chi connectivity index (χ0v) is 16.7. The smallest absolute Gasteiger partial charge is 0.166 e. The lowest BCUT2D eigenvalue weighted by molar-refractivity contribution is -0.126. The van der Waals surface area contributed by atoms with E-state index in [2.05, 4.69) is 6.58 Å². The first kappa shape index (κ1) is 20.8. The third-order valence-corrected chi connectivity index (χ3v) is 6.15. The topological polar surface area (TPSA) is 76.2 Å². The van der Waals surface area contributed by atoms with E-state index < -0.39 is 5.82 Å². The molecule has 6 heteroatoms. The molecule has 1 aromatic heterocycles. The van der Waals surface area contributed by atoms with E-state index in [0.29, 0.717) is 17.7 Å². The minimum Gasteiger partial charge on any atom is -0.453 e. The quantitative estimate of drug-likeness (QED) is 0.354. The predicted octanol–water partition coefficient (Wildman–Crippen LogP) is 5.16. The maximum absolute atomic E-state index is 14.1. The summed E-state index contributed by atoms with van der Waals surface area (Å²) in [5, 5.41) is 7.35. The van der Waals surface area contributed by atoms with Crippen LogP contribution in [0.1, 0.15) is 48.9 Å². The van der Waals surface area contributed by atoms with E-state index in [9.17, 15) is 9.18 Å². The minimum atomic E-state index is -0.604. The van der Waals surface area contributed by atoms with Gasteiger partial charge in [0, 0.05) is 15.9 Å². The van der Waals surface area contributed by atoms with Crippen LogP contribution in [-0.2, 0) is 11.2 Å². The first-order valence-corrected chi connectivity index (χ1v) is 9.65. The summed E-state index contributed by atoms with van der Waals surface area (Å²) < 4.78 is 19.7. The molecule has 0 unspecified atom stereocenters. The van der Waals surface area contributed by atoms with Gasteiger partial charge in [-0.15, -0.1) is 11.3 Å². The standard InChI is InChI=1S/C21H25FN2O2S/c1-5-21(6-2,14(4)25)12-16-8-10-19(27-16)13(3)26-18-9-7-15(20(23)24)11-17(18)22/h7-11H,3,5-6,12H2,1-2,4H3,(H3,23,24). The number of nitrogens with one attached hydrogen (secondary N) is 1. The Balaban J connectivity index is 2.15. The van der Waals surface area contributed by atoms with Gasteiger partial charge in [0.25, 0.3) is 0 Å². The van der Waals surface area contributed by atoms with Crippen LogP contribution in [0.25, 0.3) is 5.76 Å². The highest BCUT2D eigenvalue weighted by Crippen LogP contribution is 2.36. The third kappa shape index (κ3) is 4.63. The van der Waals surface area contributed by atoms with Crippen molar-refractivity contribution >= 4 is 28.7 Å². The minimum absolute atomic E-state index is 0.0279. The normalized spacial score (nSPS) is 11.3. The number of hydrogen-bond acceptors (Lipinski definition) is 4. The van der Waals surface area contributed by atoms with Crippen molar-refractivity contribution in [1.29, 1.82) is 5.41 Å². The highest BCUT2D eigenvalue weighted by molar-refractivity contribution is 7.13. The number of nitrogen functional groups attached to an aromatic ring is 1. The van der Waals surface area contributed by atoms with Crippen LogP contribution in [0, 0.1) is 16.6 Å². The summed E-state index contributed by atoms with van der Waals surface area (Å²) in [6.07, 6.45) is 2.25. The molecule has 0 bridgehead atoms. The Morgan fingerprint density at radius 3 is 2.48 bits per heavy atom. The largest absolute Gasteiger partial charge is 0.453 e. The van der Waals surface area contributed by atoms with Gasteiger partial charge in [-0.05, 0) is 56.5 Å². The van der Waals surface area contributed by atoms with Crippen LogP contribution >= 0.6 is 11.3 Å². The Labute approximate surface area is 163 Å². The van der Waals surface area contributed by atoms with Crippen molar-refractivity contribution in [3.63, 3.8) is 0 Å². The molecule has 27 heavy (non-hydrogen) atoms. The molecule has 0 aliphatic heterocycles. The fourth-order valence-corrected chi connectivity index (χ4v) is 4.07. The van der Waals surface area contributed by atoms with Gasteiger partial charge in [-0.3, -0.25) is 10.2 Å². The van der Waals surface area contributed by atoms with Crippen LogP contribution in [0.5, 0.6) is 5.75 Å². The van der Waals surface area contributed by atoms with Gasteiger partial charge in [-0.1, -0.05) is 20.4 Å².